The molecule has 7 heteroatoms. The summed E-state index contributed by atoms with van der Waals surface area (Å²) in [5, 5.41) is 9.48. The van der Waals surface area contributed by atoms with E-state index < -0.39 is 23.4 Å². The van der Waals surface area contributed by atoms with Gasteiger partial charge in [-0.2, -0.15) is 0 Å². The summed E-state index contributed by atoms with van der Waals surface area (Å²) in [6.07, 6.45) is 2.95. The minimum Gasteiger partial charge on any atom is -0.481 e. The average Bonchev–Trinajstić information content (AvgIpc) is 3.30. The molecule has 0 spiro atoms. The van der Waals surface area contributed by atoms with Gasteiger partial charge in [-0.15, -0.1) is 0 Å². The van der Waals surface area contributed by atoms with Crippen molar-refractivity contribution in [3.8, 4) is 0 Å². The molecule has 2 aliphatic carbocycles. The van der Waals surface area contributed by atoms with Crippen molar-refractivity contribution in [3.05, 3.63) is 33.2 Å². The number of pyridine rings is 1. The molecule has 4 rings (SSSR count). The lowest BCUT2D eigenvalue weighted by atomic mass is 9.75. The lowest BCUT2D eigenvalue weighted by Crippen LogP contribution is -2.36. The lowest BCUT2D eigenvalue weighted by Gasteiger charge is -2.30. The molecule has 2 heterocycles. The maximum atomic E-state index is 12.9. The predicted molar refractivity (Wildman–Crippen MR) is 96.7 cm³/mol. The summed E-state index contributed by atoms with van der Waals surface area (Å²) in [4.78, 5) is 53.7. The van der Waals surface area contributed by atoms with Gasteiger partial charge in [-0.25, -0.2) is 0 Å². The molecule has 0 bridgehead atoms. The van der Waals surface area contributed by atoms with Gasteiger partial charge in [0.1, 0.15) is 5.56 Å². The van der Waals surface area contributed by atoms with E-state index in [0.29, 0.717) is 36.6 Å². The van der Waals surface area contributed by atoms with Crippen LogP contribution in [0.15, 0.2) is 10.9 Å². The summed E-state index contributed by atoms with van der Waals surface area (Å²) in [6, 6.07) is 1.41. The Balaban J connectivity index is 1.63. The first-order valence-electron chi connectivity index (χ1n) is 9.48. The molecule has 1 aliphatic heterocycles. The van der Waals surface area contributed by atoms with Crippen LogP contribution in [0.1, 0.15) is 59.5 Å². The molecule has 1 saturated carbocycles. The van der Waals surface area contributed by atoms with E-state index in [2.05, 4.69) is 4.98 Å². The highest BCUT2D eigenvalue weighted by atomic mass is 16.4. The number of nitrogens with zero attached hydrogens (tertiary/aromatic N) is 1. The fraction of sp³-hybridized carbons (Fsp3) is 0.600. The second kappa shape index (κ2) is 6.04. The summed E-state index contributed by atoms with van der Waals surface area (Å²) >= 11 is 0. The second-order valence-electron chi connectivity index (χ2n) is 9.00. The SMILES string of the molecule is CC1(C)CC(=O)c2cc(C(=O)N3C[C@H](C(=O)O)[C@@H](C4CC4)C3)c(=O)[nH]c2C1. The Morgan fingerprint density at radius 3 is 2.52 bits per heavy atom. The van der Waals surface area contributed by atoms with Crippen LogP contribution >= 0.6 is 0 Å². The number of aliphatic carboxylic acids is 1. The molecule has 144 valence electrons. The molecule has 1 aromatic heterocycles. The molecular formula is C20H24N2O5. The molecule has 2 atom stereocenters. The number of likely N-dealkylation sites (tertiary alicyclic amines) is 1. The standard InChI is InChI=1S/C20H24N2O5/c1-20(2)6-15-11(16(23)7-20)5-12(17(24)21-15)18(25)22-8-13(10-3-4-10)14(9-22)19(26)27/h5,10,13-14H,3-4,6-9H2,1-2H3,(H,21,24)(H,26,27)/t13-,14+/m1/s1. The zero-order valence-electron chi connectivity index (χ0n) is 15.6. The van der Waals surface area contributed by atoms with Gasteiger partial charge in [0.15, 0.2) is 5.78 Å². The van der Waals surface area contributed by atoms with Crippen molar-refractivity contribution in [1.29, 1.82) is 0 Å². The van der Waals surface area contributed by atoms with E-state index in [4.69, 9.17) is 0 Å². The monoisotopic (exact) mass is 372 g/mol. The van der Waals surface area contributed by atoms with E-state index in [9.17, 15) is 24.3 Å². The van der Waals surface area contributed by atoms with Crippen LogP contribution in [-0.4, -0.2) is 45.7 Å². The van der Waals surface area contributed by atoms with E-state index >= 15 is 0 Å². The van der Waals surface area contributed by atoms with Crippen LogP contribution in [0.4, 0.5) is 0 Å². The number of hydrogen-bond donors (Lipinski definition) is 2. The maximum Gasteiger partial charge on any atom is 0.308 e. The van der Waals surface area contributed by atoms with Crippen LogP contribution in [0.25, 0.3) is 0 Å². The number of rotatable bonds is 3. The number of Topliss-reactive ketones (excluding diaryl/α,β-unsaturated/α-hetero) is 1. The third-order valence-electron chi connectivity index (χ3n) is 6.15. The molecule has 1 aromatic rings. The van der Waals surface area contributed by atoms with Gasteiger partial charge in [-0.05, 0) is 42.6 Å². The third-order valence-corrected chi connectivity index (χ3v) is 6.15. The summed E-state index contributed by atoms with van der Waals surface area (Å²) in [6.45, 7) is 4.42. The van der Waals surface area contributed by atoms with Crippen LogP contribution in [0.2, 0.25) is 0 Å². The van der Waals surface area contributed by atoms with E-state index in [1.807, 2.05) is 13.8 Å². The number of carboxylic acids is 1. The first-order valence-corrected chi connectivity index (χ1v) is 9.48. The van der Waals surface area contributed by atoms with Gasteiger partial charge in [-0.3, -0.25) is 19.2 Å². The predicted octanol–water partition coefficient (Wildman–Crippen LogP) is 1.71. The number of carboxylic acid groups (broad SMARTS) is 1. The van der Waals surface area contributed by atoms with Gasteiger partial charge in [-0.1, -0.05) is 13.8 Å². The number of aromatic amines is 1. The molecular weight excluding hydrogens is 348 g/mol. The molecule has 2 N–H and O–H groups in total. The Labute approximate surface area is 156 Å². The van der Waals surface area contributed by atoms with Crippen LogP contribution in [0.5, 0.6) is 0 Å². The molecule has 3 aliphatic rings. The Hall–Kier alpha value is -2.44. The van der Waals surface area contributed by atoms with Crippen molar-refractivity contribution < 1.29 is 19.5 Å². The van der Waals surface area contributed by atoms with Gasteiger partial charge in [0, 0.05) is 30.8 Å². The Bertz CT molecular complexity index is 896. The minimum atomic E-state index is -0.890. The molecule has 1 amide bonds. The Kier molecular flexibility index (Phi) is 4.01. The van der Waals surface area contributed by atoms with Crippen molar-refractivity contribution >= 4 is 17.7 Å². The van der Waals surface area contributed by atoms with Gasteiger partial charge < -0.3 is 15.0 Å². The number of H-pyrrole nitrogens is 1. The number of carbonyl (C=O) groups excluding carboxylic acids is 2. The third kappa shape index (κ3) is 3.19. The number of ketones is 1. The second-order valence-corrected chi connectivity index (χ2v) is 9.00. The first kappa shape index (κ1) is 17.9. The molecule has 2 fully saturated rings. The molecule has 0 radical (unpaired) electrons. The zero-order valence-corrected chi connectivity index (χ0v) is 15.6. The fourth-order valence-electron chi connectivity index (χ4n) is 4.62. The molecule has 27 heavy (non-hydrogen) atoms. The summed E-state index contributed by atoms with van der Waals surface area (Å²) in [7, 11) is 0. The van der Waals surface area contributed by atoms with Crippen LogP contribution in [-0.2, 0) is 11.2 Å². The largest absolute Gasteiger partial charge is 0.481 e. The number of nitrogens with one attached hydrogen (secondary N) is 1. The summed E-state index contributed by atoms with van der Waals surface area (Å²) in [5.74, 6) is -1.72. The molecule has 0 unspecified atom stereocenters. The van der Waals surface area contributed by atoms with Crippen LogP contribution in [0.3, 0.4) is 0 Å². The first-order chi connectivity index (χ1) is 12.7. The number of fused-ring (bicyclic) bond motifs is 1. The van der Waals surface area contributed by atoms with Crippen molar-refractivity contribution in [2.75, 3.05) is 13.1 Å². The molecule has 7 nitrogen and oxygen atoms in total. The normalized spacial score (nSPS) is 26.7. The van der Waals surface area contributed by atoms with Gasteiger partial charge in [0.05, 0.1) is 5.92 Å². The molecule has 1 saturated heterocycles. The number of amides is 1. The van der Waals surface area contributed by atoms with Gasteiger partial charge in [0.2, 0.25) is 0 Å². The number of carbonyl (C=O) groups is 3. The summed E-state index contributed by atoms with van der Waals surface area (Å²) in [5.41, 5.74) is 0.191. The Morgan fingerprint density at radius 1 is 1.19 bits per heavy atom. The maximum absolute atomic E-state index is 12.9. The van der Waals surface area contributed by atoms with Gasteiger partial charge >= 0.3 is 5.97 Å². The van der Waals surface area contributed by atoms with Crippen molar-refractivity contribution in [3.63, 3.8) is 0 Å². The highest BCUT2D eigenvalue weighted by Gasteiger charge is 2.47. The topological polar surface area (TPSA) is 108 Å². The van der Waals surface area contributed by atoms with E-state index in [1.54, 1.807) is 0 Å². The summed E-state index contributed by atoms with van der Waals surface area (Å²) < 4.78 is 0. The lowest BCUT2D eigenvalue weighted by molar-refractivity contribution is -0.142. The smallest absolute Gasteiger partial charge is 0.308 e. The number of aromatic nitrogens is 1. The quantitative estimate of drug-likeness (QED) is 0.840. The fourth-order valence-corrected chi connectivity index (χ4v) is 4.62. The average molecular weight is 372 g/mol. The van der Waals surface area contributed by atoms with E-state index in [0.717, 1.165) is 12.8 Å². The minimum absolute atomic E-state index is 0.0504. The van der Waals surface area contributed by atoms with Crippen LogP contribution < -0.4 is 5.56 Å². The highest BCUT2D eigenvalue weighted by molar-refractivity contribution is 6.02. The Morgan fingerprint density at radius 2 is 1.89 bits per heavy atom. The van der Waals surface area contributed by atoms with E-state index in [1.165, 1.54) is 11.0 Å². The zero-order chi connectivity index (χ0) is 19.5. The number of hydrogen-bond acceptors (Lipinski definition) is 4. The van der Waals surface area contributed by atoms with Crippen LogP contribution in [0, 0.1) is 23.2 Å². The molecule has 0 aromatic carbocycles. The van der Waals surface area contributed by atoms with Gasteiger partial charge in [0.25, 0.3) is 11.5 Å². The van der Waals surface area contributed by atoms with Crippen molar-refractivity contribution in [2.24, 2.45) is 23.2 Å². The van der Waals surface area contributed by atoms with Crippen molar-refractivity contribution in [2.45, 2.75) is 39.5 Å². The van der Waals surface area contributed by atoms with E-state index in [-0.39, 0.29) is 29.2 Å². The highest BCUT2D eigenvalue weighted by Crippen LogP contribution is 2.44. The van der Waals surface area contributed by atoms with Crippen molar-refractivity contribution in [1.82, 2.24) is 9.88 Å².